The zero-order valence-electron chi connectivity index (χ0n) is 12.3. The van der Waals surface area contributed by atoms with E-state index in [-0.39, 0.29) is 5.75 Å². The minimum Gasteiger partial charge on any atom is -0.284 e. The van der Waals surface area contributed by atoms with Crippen LogP contribution in [-0.4, -0.2) is 24.9 Å². The molecule has 0 radical (unpaired) electrons. The molecular formula is C16H16N2O2S3. The molecule has 3 rings (SSSR count). The summed E-state index contributed by atoms with van der Waals surface area (Å²) in [6, 6.07) is 17.0. The van der Waals surface area contributed by atoms with Crippen LogP contribution >= 0.6 is 23.1 Å². The Labute approximate surface area is 144 Å². The largest absolute Gasteiger partial charge is 0.284 e. The van der Waals surface area contributed by atoms with E-state index < -0.39 is 10.0 Å². The van der Waals surface area contributed by atoms with Crippen molar-refractivity contribution in [3.8, 4) is 0 Å². The van der Waals surface area contributed by atoms with Crippen LogP contribution in [0.3, 0.4) is 0 Å². The summed E-state index contributed by atoms with van der Waals surface area (Å²) in [6.07, 6.45) is 0.586. The summed E-state index contributed by atoms with van der Waals surface area (Å²) in [4.78, 5) is 4.53. The van der Waals surface area contributed by atoms with Crippen molar-refractivity contribution in [1.29, 1.82) is 0 Å². The van der Waals surface area contributed by atoms with Gasteiger partial charge in [0.2, 0.25) is 10.0 Å². The number of rotatable bonds is 7. The third-order valence-corrected chi connectivity index (χ3v) is 6.74. The van der Waals surface area contributed by atoms with Crippen molar-refractivity contribution in [3.05, 3.63) is 54.6 Å². The van der Waals surface area contributed by atoms with Gasteiger partial charge in [0.1, 0.15) is 0 Å². The van der Waals surface area contributed by atoms with Crippen LogP contribution < -0.4 is 4.72 Å². The van der Waals surface area contributed by atoms with E-state index in [1.54, 1.807) is 47.4 Å². The predicted octanol–water partition coefficient (Wildman–Crippen LogP) is 4.22. The molecule has 2 aromatic carbocycles. The maximum Gasteiger partial charge on any atom is 0.232 e. The summed E-state index contributed by atoms with van der Waals surface area (Å²) in [5, 5.41) is 0. The minimum atomic E-state index is -3.29. The van der Waals surface area contributed by atoms with E-state index in [1.807, 2.05) is 30.3 Å². The van der Waals surface area contributed by atoms with Gasteiger partial charge in [-0.2, -0.15) is 0 Å². The molecule has 0 saturated carbocycles. The van der Waals surface area contributed by atoms with E-state index >= 15 is 0 Å². The maximum atomic E-state index is 12.0. The molecule has 0 amide bonds. The number of thiazole rings is 1. The van der Waals surface area contributed by atoms with Gasteiger partial charge in [0, 0.05) is 11.4 Å². The molecule has 23 heavy (non-hydrogen) atoms. The van der Waals surface area contributed by atoms with Gasteiger partial charge < -0.3 is 0 Å². The molecule has 1 aromatic heterocycles. The van der Waals surface area contributed by atoms with E-state index in [2.05, 4.69) is 9.71 Å². The quantitative estimate of drug-likeness (QED) is 0.504. The molecule has 4 nitrogen and oxygen atoms in total. The van der Waals surface area contributed by atoms with Crippen molar-refractivity contribution in [2.24, 2.45) is 0 Å². The van der Waals surface area contributed by atoms with Crippen molar-refractivity contribution < 1.29 is 8.42 Å². The Kier molecular flexibility index (Phi) is 5.20. The van der Waals surface area contributed by atoms with Gasteiger partial charge in [-0.1, -0.05) is 42.1 Å². The number of hydrogen-bond acceptors (Lipinski definition) is 5. The number of thioether (sulfide) groups is 1. The number of nitrogens with zero attached hydrogens (tertiary/aromatic N) is 1. The van der Waals surface area contributed by atoms with Crippen molar-refractivity contribution in [3.63, 3.8) is 0 Å². The number of nitrogens with one attached hydrogen (secondary N) is 1. The van der Waals surface area contributed by atoms with Crippen molar-refractivity contribution in [2.75, 3.05) is 16.2 Å². The molecule has 0 unspecified atom stereocenters. The normalized spacial score (nSPS) is 11.7. The Morgan fingerprint density at radius 1 is 1.04 bits per heavy atom. The molecule has 1 N–H and O–H groups in total. The molecule has 0 spiro atoms. The van der Waals surface area contributed by atoms with Crippen molar-refractivity contribution in [1.82, 2.24) is 4.98 Å². The molecule has 0 fully saturated rings. The van der Waals surface area contributed by atoms with Crippen LogP contribution in [0.1, 0.15) is 6.42 Å². The summed E-state index contributed by atoms with van der Waals surface area (Å²) < 4.78 is 28.8. The van der Waals surface area contributed by atoms with Gasteiger partial charge in [-0.05, 0) is 30.7 Å². The zero-order valence-corrected chi connectivity index (χ0v) is 14.8. The first-order valence-electron chi connectivity index (χ1n) is 7.16. The van der Waals surface area contributed by atoms with Gasteiger partial charge in [0.15, 0.2) is 4.34 Å². The number of sulfonamides is 1. The molecule has 0 aliphatic carbocycles. The lowest BCUT2D eigenvalue weighted by Crippen LogP contribution is -2.17. The van der Waals surface area contributed by atoms with Crippen molar-refractivity contribution in [2.45, 2.75) is 10.8 Å². The van der Waals surface area contributed by atoms with Gasteiger partial charge >= 0.3 is 0 Å². The molecule has 7 heteroatoms. The molecule has 120 valence electrons. The second kappa shape index (κ2) is 7.33. The first-order chi connectivity index (χ1) is 11.1. The zero-order chi connectivity index (χ0) is 16.1. The summed E-state index contributed by atoms with van der Waals surface area (Å²) in [5.74, 6) is 0.843. The minimum absolute atomic E-state index is 0.111. The lowest BCUT2D eigenvalue weighted by molar-refractivity contribution is 0.600. The van der Waals surface area contributed by atoms with Gasteiger partial charge in [-0.25, -0.2) is 13.4 Å². The van der Waals surface area contributed by atoms with Crippen LogP contribution in [0.2, 0.25) is 0 Å². The average molecular weight is 365 g/mol. The van der Waals surface area contributed by atoms with Crippen LogP contribution in [0.4, 0.5) is 5.69 Å². The summed E-state index contributed by atoms with van der Waals surface area (Å²) in [7, 11) is -3.29. The fourth-order valence-corrected chi connectivity index (χ4v) is 5.44. The number of anilines is 1. The molecule has 3 aromatic rings. The smallest absolute Gasteiger partial charge is 0.232 e. The number of aromatic nitrogens is 1. The molecule has 0 aliphatic rings. The van der Waals surface area contributed by atoms with Crippen molar-refractivity contribution >= 4 is 49.0 Å². The van der Waals surface area contributed by atoms with Gasteiger partial charge in [-0.15, -0.1) is 11.3 Å². The Bertz CT molecular complexity index is 843. The summed E-state index contributed by atoms with van der Waals surface area (Å²) >= 11 is 3.25. The Morgan fingerprint density at radius 3 is 2.57 bits per heavy atom. The second-order valence-corrected chi connectivity index (χ2v) is 9.15. The molecule has 0 atom stereocenters. The topological polar surface area (TPSA) is 59.1 Å². The Hall–Kier alpha value is -1.57. The maximum absolute atomic E-state index is 12.0. The SMILES string of the molecule is O=S(=O)(CCCSc1nc2ccccc2s1)Nc1ccccc1. The Morgan fingerprint density at radius 2 is 1.78 bits per heavy atom. The number of para-hydroxylation sites is 2. The third-order valence-electron chi connectivity index (χ3n) is 3.10. The monoisotopic (exact) mass is 364 g/mol. The predicted molar refractivity (Wildman–Crippen MR) is 98.8 cm³/mol. The van der Waals surface area contributed by atoms with E-state index in [1.165, 1.54) is 0 Å². The first kappa shape index (κ1) is 16.3. The van der Waals surface area contributed by atoms with E-state index in [4.69, 9.17) is 0 Å². The highest BCUT2D eigenvalue weighted by atomic mass is 32.2. The molecule has 0 bridgehead atoms. The Balaban J connectivity index is 1.49. The summed E-state index contributed by atoms with van der Waals surface area (Å²) in [6.45, 7) is 0. The fraction of sp³-hybridized carbons (Fsp3) is 0.188. The van der Waals surface area contributed by atoms with E-state index in [9.17, 15) is 8.42 Å². The number of fused-ring (bicyclic) bond motifs is 1. The summed E-state index contributed by atoms with van der Waals surface area (Å²) in [5.41, 5.74) is 1.60. The van der Waals surface area contributed by atoms with Crippen LogP contribution in [-0.2, 0) is 10.0 Å². The standard InChI is InChI=1S/C16H16N2O2S3/c19-23(20,18-13-7-2-1-3-8-13)12-6-11-21-16-17-14-9-4-5-10-15(14)22-16/h1-5,7-10,18H,6,11-12H2. The molecule has 1 heterocycles. The van der Waals surface area contributed by atoms with Crippen LogP contribution in [0, 0.1) is 0 Å². The first-order valence-corrected chi connectivity index (χ1v) is 10.6. The highest BCUT2D eigenvalue weighted by Crippen LogP contribution is 2.29. The molecule has 0 saturated heterocycles. The van der Waals surface area contributed by atoms with Gasteiger partial charge in [0.25, 0.3) is 0 Å². The van der Waals surface area contributed by atoms with Gasteiger partial charge in [0.05, 0.1) is 16.0 Å². The van der Waals surface area contributed by atoms with Gasteiger partial charge in [-0.3, -0.25) is 4.72 Å². The van der Waals surface area contributed by atoms with Crippen LogP contribution in [0.25, 0.3) is 10.2 Å². The lowest BCUT2D eigenvalue weighted by atomic mass is 10.3. The highest BCUT2D eigenvalue weighted by Gasteiger charge is 2.10. The lowest BCUT2D eigenvalue weighted by Gasteiger charge is -2.07. The molecular weight excluding hydrogens is 348 g/mol. The van der Waals surface area contributed by atoms with E-state index in [0.717, 1.165) is 20.3 Å². The van der Waals surface area contributed by atoms with E-state index in [0.29, 0.717) is 12.1 Å². The number of benzene rings is 2. The second-order valence-electron chi connectivity index (χ2n) is 4.94. The average Bonchev–Trinajstić information content (AvgIpc) is 2.95. The van der Waals surface area contributed by atoms with Crippen LogP contribution in [0.15, 0.2) is 58.9 Å². The number of hydrogen-bond donors (Lipinski definition) is 1. The fourth-order valence-electron chi connectivity index (χ4n) is 2.06. The third kappa shape index (κ3) is 4.70. The highest BCUT2D eigenvalue weighted by molar-refractivity contribution is 8.01. The molecule has 0 aliphatic heterocycles. The van der Waals surface area contributed by atoms with Crippen LogP contribution in [0.5, 0.6) is 0 Å².